The Labute approximate surface area is 112 Å². The number of nitrogen functional groups attached to an aromatic ring is 1. The van der Waals surface area contributed by atoms with E-state index in [0.29, 0.717) is 24.1 Å². The quantitative estimate of drug-likeness (QED) is 0.665. The molecule has 0 amide bonds. The highest BCUT2D eigenvalue weighted by Crippen LogP contribution is 2.18. The van der Waals surface area contributed by atoms with Crippen LogP contribution in [0.5, 0.6) is 0 Å². The zero-order chi connectivity index (χ0) is 13.2. The minimum absolute atomic E-state index is 0.213. The molecule has 0 saturated heterocycles. The van der Waals surface area contributed by atoms with Crippen molar-refractivity contribution < 1.29 is 9.47 Å². The summed E-state index contributed by atoms with van der Waals surface area (Å²) in [6.07, 6.45) is 3.42. The maximum atomic E-state index is 5.91. The fraction of sp³-hybridized carbons (Fsp3) is 0.636. The van der Waals surface area contributed by atoms with Crippen LogP contribution >= 0.6 is 11.6 Å². The highest BCUT2D eigenvalue weighted by atomic mass is 35.5. The maximum Gasteiger partial charge on any atom is 0.222 e. The van der Waals surface area contributed by atoms with Crippen LogP contribution in [0.4, 0.5) is 11.8 Å². The number of nitrogens with zero attached hydrogens (tertiary/aromatic N) is 2. The molecule has 1 rings (SSSR count). The Morgan fingerprint density at radius 3 is 2.94 bits per heavy atom. The van der Waals surface area contributed by atoms with E-state index in [1.54, 1.807) is 7.11 Å². The number of aromatic nitrogens is 2. The molecule has 102 valence electrons. The Morgan fingerprint density at radius 1 is 1.33 bits per heavy atom. The number of nitrogens with one attached hydrogen (secondary N) is 1. The second-order valence-corrected chi connectivity index (χ2v) is 4.07. The van der Waals surface area contributed by atoms with Crippen LogP contribution in [0.1, 0.15) is 12.8 Å². The normalized spacial score (nSPS) is 10.6. The minimum atomic E-state index is 0.213. The van der Waals surface area contributed by atoms with E-state index >= 15 is 0 Å². The summed E-state index contributed by atoms with van der Waals surface area (Å²) < 4.78 is 10.2. The van der Waals surface area contributed by atoms with Gasteiger partial charge in [-0.05, 0) is 12.8 Å². The van der Waals surface area contributed by atoms with Crippen LogP contribution < -0.4 is 11.1 Å². The van der Waals surface area contributed by atoms with E-state index in [2.05, 4.69) is 15.3 Å². The Kier molecular flexibility index (Phi) is 7.40. The van der Waals surface area contributed by atoms with Crippen molar-refractivity contribution in [3.05, 3.63) is 11.2 Å². The highest BCUT2D eigenvalue weighted by Gasteiger charge is 2.02. The predicted octanol–water partition coefficient (Wildman–Crippen LogP) is 1.57. The third kappa shape index (κ3) is 6.00. The third-order valence-corrected chi connectivity index (χ3v) is 2.48. The standard InChI is InChI=1S/C11H19ClN4O2/c1-17-6-7-18-5-3-2-4-14-10-9(12)8-15-11(13)16-10/h8H,2-7H2,1H3,(H3,13,14,15,16). The van der Waals surface area contributed by atoms with Gasteiger partial charge < -0.3 is 20.5 Å². The SMILES string of the molecule is COCCOCCCCNc1nc(N)ncc1Cl. The molecule has 0 bridgehead atoms. The molecule has 1 aromatic rings. The molecule has 0 saturated carbocycles. The van der Waals surface area contributed by atoms with E-state index in [0.717, 1.165) is 26.0 Å². The maximum absolute atomic E-state index is 5.91. The van der Waals surface area contributed by atoms with Crippen LogP contribution in [0.15, 0.2) is 6.20 Å². The zero-order valence-corrected chi connectivity index (χ0v) is 11.2. The molecule has 3 N–H and O–H groups in total. The van der Waals surface area contributed by atoms with E-state index in [-0.39, 0.29) is 5.95 Å². The lowest BCUT2D eigenvalue weighted by Gasteiger charge is -2.07. The molecule has 0 aliphatic carbocycles. The molecule has 0 aliphatic heterocycles. The molecule has 1 heterocycles. The molecule has 0 unspecified atom stereocenters. The smallest absolute Gasteiger partial charge is 0.222 e. The molecule has 0 spiro atoms. The van der Waals surface area contributed by atoms with Crippen LogP contribution in [0, 0.1) is 0 Å². The molecule has 0 radical (unpaired) electrons. The highest BCUT2D eigenvalue weighted by molar-refractivity contribution is 6.32. The Hall–Kier alpha value is -1.11. The molecule has 0 aromatic carbocycles. The van der Waals surface area contributed by atoms with E-state index in [1.807, 2.05) is 0 Å². The summed E-state index contributed by atoms with van der Waals surface area (Å²) in [5, 5.41) is 3.59. The third-order valence-electron chi connectivity index (χ3n) is 2.20. The summed E-state index contributed by atoms with van der Waals surface area (Å²) in [5.74, 6) is 0.786. The number of ether oxygens (including phenoxy) is 2. The van der Waals surface area contributed by atoms with Crippen LogP contribution in [0.25, 0.3) is 0 Å². The largest absolute Gasteiger partial charge is 0.382 e. The first-order valence-corrected chi connectivity index (χ1v) is 6.20. The summed E-state index contributed by atoms with van der Waals surface area (Å²) in [6, 6.07) is 0. The van der Waals surface area contributed by atoms with Gasteiger partial charge in [-0.2, -0.15) is 4.98 Å². The van der Waals surface area contributed by atoms with Crippen molar-refractivity contribution in [1.82, 2.24) is 9.97 Å². The molecule has 0 aliphatic rings. The van der Waals surface area contributed by atoms with Crippen molar-refractivity contribution in [3.8, 4) is 0 Å². The van der Waals surface area contributed by atoms with Crippen molar-refractivity contribution >= 4 is 23.4 Å². The van der Waals surface area contributed by atoms with Crippen molar-refractivity contribution in [3.63, 3.8) is 0 Å². The van der Waals surface area contributed by atoms with Crippen LogP contribution in [-0.4, -0.2) is 43.4 Å². The van der Waals surface area contributed by atoms with E-state index < -0.39 is 0 Å². The summed E-state index contributed by atoms with van der Waals surface area (Å²) >= 11 is 5.91. The van der Waals surface area contributed by atoms with E-state index in [1.165, 1.54) is 6.20 Å². The van der Waals surface area contributed by atoms with Crippen LogP contribution in [-0.2, 0) is 9.47 Å². The van der Waals surface area contributed by atoms with Gasteiger partial charge in [-0.1, -0.05) is 11.6 Å². The molecular weight excluding hydrogens is 256 g/mol. The van der Waals surface area contributed by atoms with Crippen molar-refractivity contribution in [1.29, 1.82) is 0 Å². The number of halogens is 1. The predicted molar refractivity (Wildman–Crippen MR) is 71.9 cm³/mol. The van der Waals surface area contributed by atoms with Crippen LogP contribution in [0.2, 0.25) is 5.02 Å². The zero-order valence-electron chi connectivity index (χ0n) is 10.5. The molecule has 18 heavy (non-hydrogen) atoms. The number of anilines is 2. The van der Waals surface area contributed by atoms with Gasteiger partial charge >= 0.3 is 0 Å². The number of rotatable bonds is 9. The van der Waals surface area contributed by atoms with Gasteiger partial charge in [0.2, 0.25) is 5.95 Å². The van der Waals surface area contributed by atoms with Gasteiger partial charge in [-0.15, -0.1) is 0 Å². The molecule has 0 atom stereocenters. The first-order valence-electron chi connectivity index (χ1n) is 5.82. The number of nitrogens with two attached hydrogens (primary N) is 1. The van der Waals surface area contributed by atoms with Crippen molar-refractivity contribution in [2.45, 2.75) is 12.8 Å². The van der Waals surface area contributed by atoms with Crippen LogP contribution in [0.3, 0.4) is 0 Å². The molecule has 7 heteroatoms. The first kappa shape index (κ1) is 14.9. The van der Waals surface area contributed by atoms with Gasteiger partial charge in [0, 0.05) is 20.3 Å². The summed E-state index contributed by atoms with van der Waals surface area (Å²) in [6.45, 7) is 2.76. The first-order chi connectivity index (χ1) is 8.74. The van der Waals surface area contributed by atoms with Crippen molar-refractivity contribution in [2.75, 3.05) is 44.5 Å². The van der Waals surface area contributed by atoms with Gasteiger partial charge in [-0.3, -0.25) is 0 Å². The number of unbranched alkanes of at least 4 members (excludes halogenated alkanes) is 1. The summed E-state index contributed by atoms with van der Waals surface area (Å²) in [5.41, 5.74) is 5.47. The number of hydrogen-bond acceptors (Lipinski definition) is 6. The average molecular weight is 275 g/mol. The molecule has 6 nitrogen and oxygen atoms in total. The van der Waals surface area contributed by atoms with Gasteiger partial charge in [0.1, 0.15) is 10.8 Å². The molecular formula is C11H19ClN4O2. The topological polar surface area (TPSA) is 82.3 Å². The lowest BCUT2D eigenvalue weighted by Crippen LogP contribution is -2.08. The second kappa shape index (κ2) is 8.91. The Bertz CT molecular complexity index is 352. The fourth-order valence-electron chi connectivity index (χ4n) is 1.28. The fourth-order valence-corrected chi connectivity index (χ4v) is 1.44. The summed E-state index contributed by atoms with van der Waals surface area (Å²) in [4.78, 5) is 7.80. The van der Waals surface area contributed by atoms with Gasteiger partial charge in [0.25, 0.3) is 0 Å². The number of hydrogen-bond donors (Lipinski definition) is 2. The lowest BCUT2D eigenvalue weighted by molar-refractivity contribution is 0.0691. The Morgan fingerprint density at radius 2 is 2.17 bits per heavy atom. The minimum Gasteiger partial charge on any atom is -0.382 e. The van der Waals surface area contributed by atoms with Gasteiger partial charge in [-0.25, -0.2) is 4.98 Å². The monoisotopic (exact) mass is 274 g/mol. The van der Waals surface area contributed by atoms with E-state index in [9.17, 15) is 0 Å². The molecule has 0 fully saturated rings. The van der Waals surface area contributed by atoms with Gasteiger partial charge in [0.05, 0.1) is 19.4 Å². The summed E-state index contributed by atoms with van der Waals surface area (Å²) in [7, 11) is 1.66. The average Bonchev–Trinajstić information content (AvgIpc) is 2.36. The van der Waals surface area contributed by atoms with Crippen molar-refractivity contribution in [2.24, 2.45) is 0 Å². The van der Waals surface area contributed by atoms with Gasteiger partial charge in [0.15, 0.2) is 0 Å². The number of methoxy groups -OCH3 is 1. The second-order valence-electron chi connectivity index (χ2n) is 3.66. The van der Waals surface area contributed by atoms with E-state index in [4.69, 9.17) is 26.8 Å². The Balaban J connectivity index is 2.09. The molecule has 1 aromatic heterocycles. The lowest BCUT2D eigenvalue weighted by atomic mass is 10.3.